The van der Waals surface area contributed by atoms with Crippen LogP contribution in [0.15, 0.2) is 16.6 Å². The Morgan fingerprint density at radius 1 is 1.35 bits per heavy atom. The van der Waals surface area contributed by atoms with E-state index in [0.717, 1.165) is 4.47 Å². The number of ether oxygens (including phenoxy) is 3. The van der Waals surface area contributed by atoms with Gasteiger partial charge in [-0.25, -0.2) is 4.79 Å². The lowest BCUT2D eigenvalue weighted by Crippen LogP contribution is -2.20. The van der Waals surface area contributed by atoms with Gasteiger partial charge in [0.05, 0.1) is 11.1 Å². The molecule has 3 rings (SSSR count). The SMILES string of the molecule is O=C1OCOc2c(Br)ccc(OCC3CC3)c21. The highest BCUT2D eigenvalue weighted by molar-refractivity contribution is 9.10. The lowest BCUT2D eigenvalue weighted by Gasteiger charge is -2.20. The first kappa shape index (κ1) is 10.9. The standard InChI is InChI=1S/C12H11BrO4/c13-8-3-4-9(15-5-7-1-2-7)10-11(8)16-6-17-12(10)14/h3-4,7H,1-2,5-6H2. The van der Waals surface area contributed by atoms with E-state index in [1.165, 1.54) is 12.8 Å². The summed E-state index contributed by atoms with van der Waals surface area (Å²) in [6.07, 6.45) is 2.42. The molecule has 90 valence electrons. The maximum Gasteiger partial charge on any atom is 0.348 e. The maximum absolute atomic E-state index is 11.7. The van der Waals surface area contributed by atoms with Gasteiger partial charge in [0.1, 0.15) is 11.3 Å². The van der Waals surface area contributed by atoms with Gasteiger partial charge in [-0.15, -0.1) is 0 Å². The van der Waals surface area contributed by atoms with Crippen molar-refractivity contribution in [3.8, 4) is 11.5 Å². The van der Waals surface area contributed by atoms with Crippen molar-refractivity contribution in [3.05, 3.63) is 22.2 Å². The second-order valence-corrected chi connectivity index (χ2v) is 5.05. The Morgan fingerprint density at radius 3 is 2.94 bits per heavy atom. The average molecular weight is 299 g/mol. The molecule has 1 fully saturated rings. The van der Waals surface area contributed by atoms with E-state index < -0.39 is 5.97 Å². The van der Waals surface area contributed by atoms with Crippen LogP contribution in [0.3, 0.4) is 0 Å². The van der Waals surface area contributed by atoms with Gasteiger partial charge in [0.15, 0.2) is 5.75 Å². The third-order valence-electron chi connectivity index (χ3n) is 2.84. The third-order valence-corrected chi connectivity index (χ3v) is 3.46. The van der Waals surface area contributed by atoms with Crippen molar-refractivity contribution in [1.29, 1.82) is 0 Å². The van der Waals surface area contributed by atoms with Crippen LogP contribution in [0, 0.1) is 5.92 Å². The van der Waals surface area contributed by atoms with Crippen LogP contribution in [0.25, 0.3) is 0 Å². The number of carbonyl (C=O) groups is 1. The molecule has 5 heteroatoms. The van der Waals surface area contributed by atoms with E-state index in [1.807, 2.05) is 6.07 Å². The number of cyclic esters (lactones) is 1. The van der Waals surface area contributed by atoms with E-state index >= 15 is 0 Å². The van der Waals surface area contributed by atoms with Gasteiger partial charge in [-0.05, 0) is 46.8 Å². The first-order valence-electron chi connectivity index (χ1n) is 5.51. The van der Waals surface area contributed by atoms with Crippen LogP contribution in [-0.4, -0.2) is 19.4 Å². The van der Waals surface area contributed by atoms with E-state index in [9.17, 15) is 4.79 Å². The Hall–Kier alpha value is -1.23. The van der Waals surface area contributed by atoms with Crippen molar-refractivity contribution < 1.29 is 19.0 Å². The van der Waals surface area contributed by atoms with Crippen molar-refractivity contribution in [2.75, 3.05) is 13.4 Å². The third kappa shape index (κ3) is 2.11. The zero-order chi connectivity index (χ0) is 11.8. The molecule has 0 saturated heterocycles. The molecule has 1 aromatic carbocycles. The van der Waals surface area contributed by atoms with E-state index in [-0.39, 0.29) is 6.79 Å². The molecule has 0 spiro atoms. The summed E-state index contributed by atoms with van der Waals surface area (Å²) in [4.78, 5) is 11.7. The Morgan fingerprint density at radius 2 is 2.18 bits per heavy atom. The predicted octanol–water partition coefficient (Wildman–Crippen LogP) is 2.74. The largest absolute Gasteiger partial charge is 0.492 e. The lowest BCUT2D eigenvalue weighted by molar-refractivity contribution is 0.00386. The Bertz CT molecular complexity index is 468. The fourth-order valence-electron chi connectivity index (χ4n) is 1.70. The number of esters is 1. The topological polar surface area (TPSA) is 44.8 Å². The monoisotopic (exact) mass is 298 g/mol. The van der Waals surface area contributed by atoms with Crippen molar-refractivity contribution in [2.24, 2.45) is 5.92 Å². The highest BCUT2D eigenvalue weighted by Gasteiger charge is 2.28. The van der Waals surface area contributed by atoms with Crippen molar-refractivity contribution in [2.45, 2.75) is 12.8 Å². The van der Waals surface area contributed by atoms with Crippen LogP contribution in [0.4, 0.5) is 0 Å². The first-order chi connectivity index (χ1) is 8.25. The molecule has 4 nitrogen and oxygen atoms in total. The highest BCUT2D eigenvalue weighted by atomic mass is 79.9. The molecule has 17 heavy (non-hydrogen) atoms. The van der Waals surface area contributed by atoms with Gasteiger partial charge in [0, 0.05) is 0 Å². The number of halogens is 1. The quantitative estimate of drug-likeness (QED) is 0.805. The van der Waals surface area contributed by atoms with Gasteiger partial charge in [0.2, 0.25) is 6.79 Å². The normalized spacial score (nSPS) is 18.1. The molecule has 0 N–H and O–H groups in total. The van der Waals surface area contributed by atoms with E-state index in [2.05, 4.69) is 15.9 Å². The maximum atomic E-state index is 11.7. The first-order valence-corrected chi connectivity index (χ1v) is 6.30. The minimum Gasteiger partial charge on any atom is -0.492 e. The van der Waals surface area contributed by atoms with Gasteiger partial charge in [0.25, 0.3) is 0 Å². The van der Waals surface area contributed by atoms with Crippen LogP contribution in [0.1, 0.15) is 23.2 Å². The second-order valence-electron chi connectivity index (χ2n) is 4.20. The summed E-state index contributed by atoms with van der Waals surface area (Å²) in [6.45, 7) is 0.609. The summed E-state index contributed by atoms with van der Waals surface area (Å²) >= 11 is 3.35. The summed E-state index contributed by atoms with van der Waals surface area (Å²) in [7, 11) is 0. The smallest absolute Gasteiger partial charge is 0.348 e. The molecule has 0 atom stereocenters. The molecule has 0 amide bonds. The molecule has 2 aliphatic rings. The molecule has 1 saturated carbocycles. The zero-order valence-electron chi connectivity index (χ0n) is 9.07. The van der Waals surface area contributed by atoms with Crippen molar-refractivity contribution in [1.82, 2.24) is 0 Å². The summed E-state index contributed by atoms with van der Waals surface area (Å²) < 4.78 is 16.6. The van der Waals surface area contributed by atoms with Gasteiger partial charge < -0.3 is 14.2 Å². The fraction of sp³-hybridized carbons (Fsp3) is 0.417. The van der Waals surface area contributed by atoms with Crippen LogP contribution >= 0.6 is 15.9 Å². The van der Waals surface area contributed by atoms with Crippen LogP contribution in [0.2, 0.25) is 0 Å². The number of benzene rings is 1. The molecular formula is C12H11BrO4. The molecule has 1 aliphatic heterocycles. The highest BCUT2D eigenvalue weighted by Crippen LogP contribution is 2.39. The van der Waals surface area contributed by atoms with Gasteiger partial charge in [-0.3, -0.25) is 0 Å². The van der Waals surface area contributed by atoms with E-state index in [4.69, 9.17) is 14.2 Å². The number of hydrogen-bond acceptors (Lipinski definition) is 4. The molecule has 0 bridgehead atoms. The van der Waals surface area contributed by atoms with E-state index in [1.54, 1.807) is 6.07 Å². The number of rotatable bonds is 3. The van der Waals surface area contributed by atoms with Gasteiger partial charge in [-0.1, -0.05) is 0 Å². The van der Waals surface area contributed by atoms with Crippen LogP contribution in [0.5, 0.6) is 11.5 Å². The predicted molar refractivity (Wildman–Crippen MR) is 63.3 cm³/mol. The number of fused-ring (bicyclic) bond motifs is 1. The van der Waals surface area contributed by atoms with Crippen LogP contribution in [-0.2, 0) is 4.74 Å². The Balaban J connectivity index is 1.93. The molecule has 0 aromatic heterocycles. The van der Waals surface area contributed by atoms with Gasteiger partial charge in [-0.2, -0.15) is 0 Å². The fourth-order valence-corrected chi connectivity index (χ4v) is 2.14. The molecule has 1 aliphatic carbocycles. The number of hydrogen-bond donors (Lipinski definition) is 0. The molecular weight excluding hydrogens is 288 g/mol. The van der Waals surface area contributed by atoms with Crippen LogP contribution < -0.4 is 9.47 Å². The van der Waals surface area contributed by atoms with Crippen molar-refractivity contribution >= 4 is 21.9 Å². The number of carbonyl (C=O) groups excluding carboxylic acids is 1. The van der Waals surface area contributed by atoms with Gasteiger partial charge >= 0.3 is 5.97 Å². The lowest BCUT2D eigenvalue weighted by atomic mass is 10.1. The summed E-state index contributed by atoms with van der Waals surface area (Å²) in [5.41, 5.74) is 0.381. The summed E-state index contributed by atoms with van der Waals surface area (Å²) in [6, 6.07) is 3.58. The minimum absolute atomic E-state index is 0.0451. The van der Waals surface area contributed by atoms with Crippen molar-refractivity contribution in [3.63, 3.8) is 0 Å². The summed E-state index contributed by atoms with van der Waals surface area (Å²) in [5.74, 6) is 1.29. The Kier molecular flexibility index (Phi) is 2.70. The summed E-state index contributed by atoms with van der Waals surface area (Å²) in [5, 5.41) is 0. The zero-order valence-corrected chi connectivity index (χ0v) is 10.7. The minimum atomic E-state index is -0.390. The molecule has 0 unspecified atom stereocenters. The Labute approximate surface area is 107 Å². The molecule has 0 radical (unpaired) electrons. The second kappa shape index (κ2) is 4.22. The average Bonchev–Trinajstić information content (AvgIpc) is 3.13. The molecule has 1 aromatic rings. The van der Waals surface area contributed by atoms with E-state index in [0.29, 0.717) is 29.6 Å². The molecule has 1 heterocycles.